The summed E-state index contributed by atoms with van der Waals surface area (Å²) >= 11 is 0. The highest BCUT2D eigenvalue weighted by Gasteiger charge is 2.23. The van der Waals surface area contributed by atoms with Crippen molar-refractivity contribution in [3.8, 4) is 0 Å². The van der Waals surface area contributed by atoms with Gasteiger partial charge >= 0.3 is 5.97 Å². The molecule has 1 aliphatic rings. The van der Waals surface area contributed by atoms with Crippen LogP contribution in [0.3, 0.4) is 0 Å². The Kier molecular flexibility index (Phi) is 4.47. The molecule has 0 aliphatic carbocycles. The first-order valence-corrected chi connectivity index (χ1v) is 6.88. The van der Waals surface area contributed by atoms with Gasteiger partial charge in [-0.05, 0) is 12.8 Å². The molecule has 1 N–H and O–H groups in total. The molecule has 0 bridgehead atoms. The third-order valence-electron chi connectivity index (χ3n) is 3.04. The third-order valence-corrected chi connectivity index (χ3v) is 3.04. The van der Waals surface area contributed by atoms with Crippen LogP contribution in [0.4, 0.5) is 0 Å². The van der Waals surface area contributed by atoms with Crippen LogP contribution in [0.1, 0.15) is 48.3 Å². The second kappa shape index (κ2) is 6.10. The molecular weight excluding hydrogens is 242 g/mol. The first-order chi connectivity index (χ1) is 9.11. The van der Waals surface area contributed by atoms with Crippen molar-refractivity contribution in [2.75, 3.05) is 13.2 Å². The van der Waals surface area contributed by atoms with Gasteiger partial charge in [-0.15, -0.1) is 0 Å². The van der Waals surface area contributed by atoms with Gasteiger partial charge in [-0.3, -0.25) is 0 Å². The lowest BCUT2D eigenvalue weighted by atomic mass is 10.0. The zero-order valence-corrected chi connectivity index (χ0v) is 11.8. The van der Waals surface area contributed by atoms with Crippen molar-refractivity contribution in [3.05, 3.63) is 22.8 Å². The maximum atomic E-state index is 12.0. The monoisotopic (exact) mass is 263 g/mol. The van der Waals surface area contributed by atoms with Crippen molar-refractivity contribution >= 4 is 5.97 Å². The zero-order chi connectivity index (χ0) is 13.8. The number of ether oxygens (including phenoxy) is 1. The van der Waals surface area contributed by atoms with Crippen molar-refractivity contribution in [1.82, 2.24) is 15.3 Å². The highest BCUT2D eigenvalue weighted by atomic mass is 16.5. The Hall–Kier alpha value is -1.49. The quantitative estimate of drug-likeness (QED) is 0.834. The fraction of sp³-hybridized carbons (Fsp3) is 0.643. The maximum Gasteiger partial charge on any atom is 0.357 e. The third kappa shape index (κ3) is 3.29. The average Bonchev–Trinajstić information content (AvgIpc) is 2.37. The Morgan fingerprint density at radius 2 is 2.21 bits per heavy atom. The normalized spacial score (nSPS) is 14.3. The van der Waals surface area contributed by atoms with Gasteiger partial charge in [0, 0.05) is 31.5 Å². The summed E-state index contributed by atoms with van der Waals surface area (Å²) in [5, 5.41) is 3.25. The van der Waals surface area contributed by atoms with Gasteiger partial charge in [0.1, 0.15) is 5.82 Å². The van der Waals surface area contributed by atoms with Crippen molar-refractivity contribution in [2.24, 2.45) is 5.92 Å². The molecule has 0 fully saturated rings. The van der Waals surface area contributed by atoms with E-state index in [0.29, 0.717) is 24.8 Å². The minimum Gasteiger partial charge on any atom is -0.461 e. The molecule has 0 aromatic carbocycles. The second-order valence-electron chi connectivity index (χ2n) is 5.16. The van der Waals surface area contributed by atoms with Gasteiger partial charge < -0.3 is 10.1 Å². The number of fused-ring (bicyclic) bond motifs is 1. The first-order valence-electron chi connectivity index (χ1n) is 6.88. The number of nitrogens with one attached hydrogen (secondary N) is 1. The van der Waals surface area contributed by atoms with Gasteiger partial charge in [0.2, 0.25) is 0 Å². The molecule has 0 radical (unpaired) electrons. The van der Waals surface area contributed by atoms with E-state index < -0.39 is 0 Å². The summed E-state index contributed by atoms with van der Waals surface area (Å²) in [6.07, 6.45) is 1.63. The number of hydrogen-bond acceptors (Lipinski definition) is 5. The molecule has 0 amide bonds. The first kappa shape index (κ1) is 13.9. The average molecular weight is 263 g/mol. The van der Waals surface area contributed by atoms with Crippen LogP contribution in [0.15, 0.2) is 0 Å². The van der Waals surface area contributed by atoms with E-state index >= 15 is 0 Å². The van der Waals surface area contributed by atoms with E-state index in [1.807, 2.05) is 0 Å². The van der Waals surface area contributed by atoms with Gasteiger partial charge in [-0.1, -0.05) is 13.8 Å². The lowest BCUT2D eigenvalue weighted by Crippen LogP contribution is -2.29. The highest BCUT2D eigenvalue weighted by molar-refractivity contribution is 5.89. The van der Waals surface area contributed by atoms with Crippen molar-refractivity contribution in [1.29, 1.82) is 0 Å². The molecule has 5 nitrogen and oxygen atoms in total. The fourth-order valence-electron chi connectivity index (χ4n) is 2.22. The molecule has 5 heteroatoms. The molecule has 104 valence electrons. The summed E-state index contributed by atoms with van der Waals surface area (Å²) in [4.78, 5) is 21.0. The lowest BCUT2D eigenvalue weighted by Gasteiger charge is -2.19. The van der Waals surface area contributed by atoms with Gasteiger partial charge in [-0.2, -0.15) is 0 Å². The predicted octanol–water partition coefficient (Wildman–Crippen LogP) is 1.50. The van der Waals surface area contributed by atoms with E-state index in [1.165, 1.54) is 0 Å². The molecule has 0 spiro atoms. The molecule has 1 aliphatic heterocycles. The molecule has 1 aromatic rings. The van der Waals surface area contributed by atoms with Crippen LogP contribution < -0.4 is 5.32 Å². The number of aromatic nitrogens is 2. The van der Waals surface area contributed by atoms with Crippen molar-refractivity contribution in [2.45, 2.75) is 40.2 Å². The van der Waals surface area contributed by atoms with E-state index in [0.717, 1.165) is 36.5 Å². The molecule has 1 aromatic heterocycles. The number of esters is 1. The minimum atomic E-state index is -0.338. The van der Waals surface area contributed by atoms with Crippen LogP contribution in [-0.2, 0) is 24.1 Å². The summed E-state index contributed by atoms with van der Waals surface area (Å²) in [6.45, 7) is 7.95. The Morgan fingerprint density at radius 3 is 2.89 bits per heavy atom. The number of carbonyl (C=O) groups excluding carboxylic acids is 1. The number of rotatable bonds is 4. The van der Waals surface area contributed by atoms with Crippen molar-refractivity contribution in [3.63, 3.8) is 0 Å². The highest BCUT2D eigenvalue weighted by Crippen LogP contribution is 2.18. The Bertz CT molecular complexity index is 472. The molecule has 0 atom stereocenters. The Labute approximate surface area is 113 Å². The Morgan fingerprint density at radius 1 is 1.42 bits per heavy atom. The Balaban J connectivity index is 2.40. The molecule has 2 rings (SSSR count). The summed E-state index contributed by atoms with van der Waals surface area (Å²) in [5.41, 5.74) is 2.33. The summed E-state index contributed by atoms with van der Waals surface area (Å²) in [6, 6.07) is 0. The van der Waals surface area contributed by atoms with Crippen LogP contribution in [0, 0.1) is 5.92 Å². The number of nitrogens with zero attached hydrogens (tertiary/aromatic N) is 2. The summed E-state index contributed by atoms with van der Waals surface area (Å²) in [5.74, 6) is 0.878. The van der Waals surface area contributed by atoms with Crippen LogP contribution in [0.25, 0.3) is 0 Å². The zero-order valence-electron chi connectivity index (χ0n) is 11.8. The van der Waals surface area contributed by atoms with E-state index in [1.54, 1.807) is 6.92 Å². The lowest BCUT2D eigenvalue weighted by molar-refractivity contribution is 0.0516. The molecule has 2 heterocycles. The fourth-order valence-corrected chi connectivity index (χ4v) is 2.22. The van der Waals surface area contributed by atoms with Crippen molar-refractivity contribution < 1.29 is 9.53 Å². The van der Waals surface area contributed by atoms with E-state index in [4.69, 9.17) is 4.74 Å². The SMILES string of the molecule is CCOC(=O)c1nc(CC(C)C)nc2c1CNCC2. The predicted molar refractivity (Wildman–Crippen MR) is 71.9 cm³/mol. The molecule has 19 heavy (non-hydrogen) atoms. The van der Waals surface area contributed by atoms with Gasteiger partial charge in [0.05, 0.1) is 12.3 Å². The number of carbonyl (C=O) groups is 1. The molecule has 0 unspecified atom stereocenters. The largest absolute Gasteiger partial charge is 0.461 e. The molecular formula is C14H21N3O2. The van der Waals surface area contributed by atoms with Crippen LogP contribution in [0.5, 0.6) is 0 Å². The van der Waals surface area contributed by atoms with E-state index in [-0.39, 0.29) is 5.97 Å². The second-order valence-corrected chi connectivity index (χ2v) is 5.16. The number of hydrogen-bond donors (Lipinski definition) is 1. The van der Waals surface area contributed by atoms with E-state index in [2.05, 4.69) is 29.1 Å². The summed E-state index contributed by atoms with van der Waals surface area (Å²) < 4.78 is 5.10. The minimum absolute atomic E-state index is 0.338. The standard InChI is InChI=1S/C14H21N3O2/c1-4-19-14(18)13-10-8-15-6-5-11(10)16-12(17-13)7-9(2)3/h9,15H,4-8H2,1-3H3. The smallest absolute Gasteiger partial charge is 0.357 e. The van der Waals surface area contributed by atoms with Gasteiger partial charge in [-0.25, -0.2) is 14.8 Å². The molecule has 0 saturated carbocycles. The summed E-state index contributed by atoms with van der Waals surface area (Å²) in [7, 11) is 0. The van der Waals surface area contributed by atoms with Gasteiger partial charge in [0.25, 0.3) is 0 Å². The van der Waals surface area contributed by atoms with E-state index in [9.17, 15) is 4.79 Å². The topological polar surface area (TPSA) is 64.1 Å². The van der Waals surface area contributed by atoms with Crippen LogP contribution >= 0.6 is 0 Å². The van der Waals surface area contributed by atoms with Crippen LogP contribution in [0.2, 0.25) is 0 Å². The van der Waals surface area contributed by atoms with Crippen LogP contribution in [-0.4, -0.2) is 29.1 Å². The maximum absolute atomic E-state index is 12.0. The molecule has 0 saturated heterocycles. The van der Waals surface area contributed by atoms with Gasteiger partial charge in [0.15, 0.2) is 5.69 Å².